The summed E-state index contributed by atoms with van der Waals surface area (Å²) in [5.41, 5.74) is 1.15. The van der Waals surface area contributed by atoms with Crippen molar-refractivity contribution in [1.29, 1.82) is 0 Å². The van der Waals surface area contributed by atoms with Gasteiger partial charge in [-0.15, -0.1) is 0 Å². The third kappa shape index (κ3) is 3.32. The van der Waals surface area contributed by atoms with Crippen LogP contribution in [0.3, 0.4) is 0 Å². The molecule has 0 aromatic heterocycles. The molecule has 0 bridgehead atoms. The monoisotopic (exact) mass is 418 g/mol. The second-order valence-corrected chi connectivity index (χ2v) is 8.32. The molecule has 1 saturated carbocycles. The van der Waals surface area contributed by atoms with Crippen LogP contribution in [-0.2, 0) is 9.59 Å². The summed E-state index contributed by atoms with van der Waals surface area (Å²) in [6.07, 6.45) is 4.08. The van der Waals surface area contributed by atoms with E-state index in [0.29, 0.717) is 6.54 Å². The van der Waals surface area contributed by atoms with Crippen LogP contribution in [0.1, 0.15) is 37.3 Å². The lowest BCUT2D eigenvalue weighted by Gasteiger charge is -2.28. The van der Waals surface area contributed by atoms with Crippen LogP contribution in [-0.4, -0.2) is 52.8 Å². The number of carbonyl (C=O) groups is 2. The highest BCUT2D eigenvalue weighted by Gasteiger charge is 2.46. The van der Waals surface area contributed by atoms with Crippen molar-refractivity contribution in [2.45, 2.75) is 31.7 Å². The van der Waals surface area contributed by atoms with E-state index in [1.54, 1.807) is 4.90 Å². The zero-order chi connectivity index (χ0) is 18.3. The van der Waals surface area contributed by atoms with Crippen LogP contribution in [0.2, 0.25) is 0 Å². The van der Waals surface area contributed by atoms with Gasteiger partial charge in [0.25, 0.3) is 5.91 Å². The topological polar surface area (TPSA) is 60.9 Å². The van der Waals surface area contributed by atoms with Crippen molar-refractivity contribution < 1.29 is 14.7 Å². The number of benzene rings is 1. The molecule has 2 aliphatic heterocycles. The normalized spacial score (nSPS) is 24.0. The molecule has 2 fully saturated rings. The fraction of sp³-hybridized carbons (Fsp3) is 0.500. The lowest BCUT2D eigenvalue weighted by Crippen LogP contribution is -2.38. The van der Waals surface area contributed by atoms with E-state index >= 15 is 0 Å². The van der Waals surface area contributed by atoms with Crippen LogP contribution < -0.4 is 0 Å². The minimum absolute atomic E-state index is 0.0341. The molecule has 0 spiro atoms. The van der Waals surface area contributed by atoms with E-state index in [2.05, 4.69) is 20.8 Å². The predicted molar refractivity (Wildman–Crippen MR) is 102 cm³/mol. The van der Waals surface area contributed by atoms with Gasteiger partial charge in [-0.2, -0.15) is 0 Å². The Bertz CT molecular complexity index is 766. The number of amides is 1. The van der Waals surface area contributed by atoms with Gasteiger partial charge in [0, 0.05) is 23.5 Å². The quantitative estimate of drug-likeness (QED) is 0.770. The minimum Gasteiger partial charge on any atom is -0.503 e. The molecule has 6 heteroatoms. The van der Waals surface area contributed by atoms with Gasteiger partial charge in [-0.05, 0) is 56.5 Å². The summed E-state index contributed by atoms with van der Waals surface area (Å²) in [5, 5.41) is 10.5. The summed E-state index contributed by atoms with van der Waals surface area (Å²) >= 11 is 3.48. The number of hydrogen-bond donors (Lipinski definition) is 1. The molecule has 1 atom stereocenters. The molecule has 5 nitrogen and oxygen atoms in total. The standard InChI is InChI=1S/C20H23BrN2O3/c21-15-5-3-4-14(12-15)17-16(18(24)13-6-7-13)19(25)20(26)23(17)11-10-22-8-1-2-9-22/h3-5,12-13,17,25H,1-2,6-11H2. The van der Waals surface area contributed by atoms with Crippen molar-refractivity contribution in [2.75, 3.05) is 26.2 Å². The number of Topliss-reactive ketones (excluding diaryl/α,β-unsaturated/α-hetero) is 1. The van der Waals surface area contributed by atoms with Gasteiger partial charge in [-0.1, -0.05) is 28.1 Å². The van der Waals surface area contributed by atoms with Gasteiger partial charge in [-0.3, -0.25) is 9.59 Å². The summed E-state index contributed by atoms with van der Waals surface area (Å²) in [5.74, 6) is -0.871. The number of halogens is 1. The van der Waals surface area contributed by atoms with Crippen LogP contribution in [0, 0.1) is 5.92 Å². The number of carbonyl (C=O) groups excluding carboxylic acids is 2. The molecule has 26 heavy (non-hydrogen) atoms. The van der Waals surface area contributed by atoms with Crippen LogP contribution in [0.15, 0.2) is 40.1 Å². The molecule has 138 valence electrons. The Labute approximate surface area is 161 Å². The number of rotatable bonds is 6. The Balaban J connectivity index is 1.65. The molecule has 1 aliphatic carbocycles. The SMILES string of the molecule is O=C(C1=C(O)C(=O)N(CCN2CCCC2)C1c1cccc(Br)c1)C1CC1. The number of nitrogens with zero attached hydrogens (tertiary/aromatic N) is 2. The van der Waals surface area contributed by atoms with Gasteiger partial charge < -0.3 is 14.9 Å². The highest BCUT2D eigenvalue weighted by Crippen LogP contribution is 2.43. The van der Waals surface area contributed by atoms with E-state index in [4.69, 9.17) is 0 Å². The van der Waals surface area contributed by atoms with Gasteiger partial charge in [0.05, 0.1) is 11.6 Å². The average molecular weight is 419 g/mol. The molecule has 1 amide bonds. The second kappa shape index (κ2) is 7.16. The van der Waals surface area contributed by atoms with Crippen LogP contribution in [0.5, 0.6) is 0 Å². The first kappa shape index (κ1) is 17.7. The zero-order valence-corrected chi connectivity index (χ0v) is 16.2. The molecule has 1 aromatic rings. The van der Waals surface area contributed by atoms with E-state index in [1.807, 2.05) is 24.3 Å². The van der Waals surface area contributed by atoms with E-state index in [9.17, 15) is 14.7 Å². The van der Waals surface area contributed by atoms with Gasteiger partial charge in [0.15, 0.2) is 11.5 Å². The van der Waals surface area contributed by atoms with Crippen LogP contribution >= 0.6 is 15.9 Å². The van der Waals surface area contributed by atoms with Crippen molar-refractivity contribution in [3.63, 3.8) is 0 Å². The maximum absolute atomic E-state index is 12.8. The summed E-state index contributed by atoms with van der Waals surface area (Å²) in [6.45, 7) is 3.39. The molecular weight excluding hydrogens is 396 g/mol. The lowest BCUT2D eigenvalue weighted by atomic mass is 9.94. The van der Waals surface area contributed by atoms with Gasteiger partial charge in [0.1, 0.15) is 0 Å². The first-order valence-electron chi connectivity index (χ1n) is 9.32. The molecule has 2 heterocycles. The molecule has 1 saturated heterocycles. The molecular formula is C20H23BrN2O3. The number of hydrogen-bond acceptors (Lipinski definition) is 4. The molecule has 1 aromatic carbocycles. The third-order valence-electron chi connectivity index (χ3n) is 5.54. The maximum atomic E-state index is 12.8. The van der Waals surface area contributed by atoms with Gasteiger partial charge in [0.2, 0.25) is 0 Å². The number of likely N-dealkylation sites (tertiary alicyclic amines) is 1. The molecule has 1 unspecified atom stereocenters. The van der Waals surface area contributed by atoms with Crippen molar-refractivity contribution in [3.05, 3.63) is 45.6 Å². The van der Waals surface area contributed by atoms with Crippen molar-refractivity contribution in [3.8, 4) is 0 Å². The second-order valence-electron chi connectivity index (χ2n) is 7.41. The Morgan fingerprint density at radius 2 is 1.92 bits per heavy atom. The summed E-state index contributed by atoms with van der Waals surface area (Å²) in [6, 6.07) is 7.18. The van der Waals surface area contributed by atoms with E-state index < -0.39 is 11.9 Å². The largest absolute Gasteiger partial charge is 0.503 e. The summed E-state index contributed by atoms with van der Waals surface area (Å²) in [4.78, 5) is 29.6. The maximum Gasteiger partial charge on any atom is 0.290 e. The molecule has 3 aliphatic rings. The van der Waals surface area contributed by atoms with E-state index in [0.717, 1.165) is 42.5 Å². The van der Waals surface area contributed by atoms with Crippen LogP contribution in [0.25, 0.3) is 0 Å². The Kier molecular flexibility index (Phi) is 4.88. The van der Waals surface area contributed by atoms with Crippen molar-refractivity contribution >= 4 is 27.6 Å². The Morgan fingerprint density at radius 1 is 1.19 bits per heavy atom. The molecule has 1 N–H and O–H groups in total. The smallest absolute Gasteiger partial charge is 0.290 e. The zero-order valence-electron chi connectivity index (χ0n) is 14.7. The van der Waals surface area contributed by atoms with E-state index in [1.165, 1.54) is 12.8 Å². The fourth-order valence-electron chi connectivity index (χ4n) is 3.98. The van der Waals surface area contributed by atoms with Crippen molar-refractivity contribution in [2.24, 2.45) is 5.92 Å². The minimum atomic E-state index is -0.490. The van der Waals surface area contributed by atoms with E-state index in [-0.39, 0.29) is 23.0 Å². The number of aliphatic hydroxyl groups is 1. The van der Waals surface area contributed by atoms with Crippen LogP contribution in [0.4, 0.5) is 0 Å². The number of aliphatic hydroxyl groups excluding tert-OH is 1. The first-order chi connectivity index (χ1) is 12.6. The summed E-state index contributed by atoms with van der Waals surface area (Å²) in [7, 11) is 0. The lowest BCUT2D eigenvalue weighted by molar-refractivity contribution is -0.129. The van der Waals surface area contributed by atoms with Gasteiger partial charge in [-0.25, -0.2) is 0 Å². The predicted octanol–water partition coefficient (Wildman–Crippen LogP) is 3.22. The molecule has 0 radical (unpaired) electrons. The Hall–Kier alpha value is -1.66. The average Bonchev–Trinajstić information content (AvgIpc) is 3.29. The fourth-order valence-corrected chi connectivity index (χ4v) is 4.40. The van der Waals surface area contributed by atoms with Crippen molar-refractivity contribution in [1.82, 2.24) is 9.80 Å². The summed E-state index contributed by atoms with van der Waals surface area (Å²) < 4.78 is 0.895. The molecule has 4 rings (SSSR count). The third-order valence-corrected chi connectivity index (χ3v) is 6.03. The van der Waals surface area contributed by atoms with Gasteiger partial charge >= 0.3 is 0 Å². The highest BCUT2D eigenvalue weighted by molar-refractivity contribution is 9.10. The Morgan fingerprint density at radius 3 is 2.58 bits per heavy atom. The first-order valence-corrected chi connectivity index (χ1v) is 10.1. The highest BCUT2D eigenvalue weighted by atomic mass is 79.9. The number of ketones is 1.